The minimum absolute atomic E-state index is 0.000600. The molecule has 0 amide bonds. The van der Waals surface area contributed by atoms with E-state index >= 15 is 0 Å². The van der Waals surface area contributed by atoms with Crippen LogP contribution in [0.15, 0.2) is 94.2 Å². The molecule has 2 heteroatoms. The highest BCUT2D eigenvalue weighted by Gasteiger charge is 2.35. The second-order valence-corrected chi connectivity index (χ2v) is 14.2. The molecule has 0 saturated heterocycles. The molecule has 0 spiro atoms. The van der Waals surface area contributed by atoms with Gasteiger partial charge in [-0.05, 0) is 84.0 Å². The molecule has 0 heterocycles. The van der Waals surface area contributed by atoms with Crippen LogP contribution in [-0.4, -0.2) is 22.4 Å². The van der Waals surface area contributed by atoms with Crippen molar-refractivity contribution >= 4 is 0 Å². The maximum absolute atomic E-state index is 10.1. The summed E-state index contributed by atoms with van der Waals surface area (Å²) in [7, 11) is 0. The Hall–Kier alpha value is -2.60. The van der Waals surface area contributed by atoms with Gasteiger partial charge in [0.15, 0.2) is 0 Å². The summed E-state index contributed by atoms with van der Waals surface area (Å²) in [6.07, 6.45) is 26.3. The minimum Gasteiger partial charge on any atom is -0.393 e. The van der Waals surface area contributed by atoms with Crippen LogP contribution in [0, 0.1) is 34.5 Å². The quantitative estimate of drug-likeness (QED) is 0.156. The molecule has 2 N–H and O–H groups in total. The fraction of sp³-hybridized carbons (Fsp3) is 0.550. The fourth-order valence-corrected chi connectivity index (χ4v) is 6.47. The van der Waals surface area contributed by atoms with Gasteiger partial charge in [0, 0.05) is 11.8 Å². The van der Waals surface area contributed by atoms with Gasteiger partial charge in [-0.25, -0.2) is 0 Å². The van der Waals surface area contributed by atoms with E-state index in [0.29, 0.717) is 5.92 Å². The lowest BCUT2D eigenvalue weighted by Gasteiger charge is -2.37. The first-order valence-corrected chi connectivity index (χ1v) is 15.9. The van der Waals surface area contributed by atoms with Gasteiger partial charge in [0.05, 0.1) is 12.2 Å². The van der Waals surface area contributed by atoms with Crippen molar-refractivity contribution in [1.29, 1.82) is 0 Å². The molecule has 0 saturated carbocycles. The third kappa shape index (κ3) is 11.9. The molecule has 0 aromatic rings. The second kappa shape index (κ2) is 16.3. The van der Waals surface area contributed by atoms with Gasteiger partial charge in [-0.15, -0.1) is 0 Å². The summed E-state index contributed by atoms with van der Waals surface area (Å²) in [6.45, 7) is 21.9. The summed E-state index contributed by atoms with van der Waals surface area (Å²) in [6, 6.07) is 0. The van der Waals surface area contributed by atoms with Crippen molar-refractivity contribution in [1.82, 2.24) is 0 Å². The highest BCUT2D eigenvalue weighted by atomic mass is 16.3. The van der Waals surface area contributed by atoms with Crippen LogP contribution in [0.2, 0.25) is 0 Å². The van der Waals surface area contributed by atoms with E-state index in [1.54, 1.807) is 0 Å². The number of hydrogen-bond donors (Lipinski definition) is 2. The zero-order chi connectivity index (χ0) is 31.5. The highest BCUT2D eigenvalue weighted by molar-refractivity contribution is 5.30. The van der Waals surface area contributed by atoms with E-state index in [4.69, 9.17) is 0 Å². The number of allylic oxidation sites excluding steroid dienone is 14. The molecule has 4 atom stereocenters. The highest BCUT2D eigenvalue weighted by Crippen LogP contribution is 2.43. The van der Waals surface area contributed by atoms with Crippen molar-refractivity contribution in [2.75, 3.05) is 0 Å². The predicted octanol–water partition coefficient (Wildman–Crippen LogP) is 10.2. The maximum atomic E-state index is 10.1. The molecule has 42 heavy (non-hydrogen) atoms. The van der Waals surface area contributed by atoms with Crippen LogP contribution < -0.4 is 0 Å². The number of hydrogen-bond acceptors (Lipinski definition) is 2. The Morgan fingerprint density at radius 2 is 1.60 bits per heavy atom. The third-order valence-corrected chi connectivity index (χ3v) is 8.73. The van der Waals surface area contributed by atoms with Crippen LogP contribution in [0.1, 0.15) is 108 Å². The van der Waals surface area contributed by atoms with Gasteiger partial charge in [0.1, 0.15) is 0 Å². The van der Waals surface area contributed by atoms with Gasteiger partial charge in [-0.1, -0.05) is 141 Å². The Balaban J connectivity index is 1.82. The minimum atomic E-state index is -0.348. The van der Waals surface area contributed by atoms with E-state index in [9.17, 15) is 10.2 Å². The zero-order valence-electron chi connectivity index (χ0n) is 28.2. The lowest BCUT2D eigenvalue weighted by molar-refractivity contribution is 0.113. The molecular formula is C40H58O2. The van der Waals surface area contributed by atoms with Crippen molar-refractivity contribution in [2.45, 2.75) is 120 Å². The average Bonchev–Trinajstić information content (AvgIpc) is 2.84. The van der Waals surface area contributed by atoms with Gasteiger partial charge in [0.2, 0.25) is 0 Å². The van der Waals surface area contributed by atoms with Crippen LogP contribution in [0.4, 0.5) is 0 Å². The molecule has 2 rings (SSSR count). The van der Waals surface area contributed by atoms with Gasteiger partial charge in [-0.2, -0.15) is 0 Å². The predicted molar refractivity (Wildman–Crippen MR) is 183 cm³/mol. The molecule has 2 unspecified atom stereocenters. The zero-order valence-corrected chi connectivity index (χ0v) is 28.2. The van der Waals surface area contributed by atoms with Gasteiger partial charge >= 0.3 is 0 Å². The number of aliphatic hydroxyl groups excluding tert-OH is 2. The van der Waals surface area contributed by atoms with E-state index in [1.807, 2.05) is 6.08 Å². The Labute approximate surface area is 258 Å². The Kier molecular flexibility index (Phi) is 13.8. The van der Waals surface area contributed by atoms with Crippen molar-refractivity contribution in [3.63, 3.8) is 0 Å². The first kappa shape index (κ1) is 35.6. The molecular weight excluding hydrogens is 512 g/mol. The SMILES string of the molecule is CC1=C[C@@H](O)CC(C)(C)C1C#CC(C)C/C=C/C(C)=C/C=C/C=C(C)/C=C/C=C(\C)CCC1=C(C)C[C@@H](O)CC1(C)C. The lowest BCUT2D eigenvalue weighted by atomic mass is 9.68. The summed E-state index contributed by atoms with van der Waals surface area (Å²) in [5, 5.41) is 20.2. The van der Waals surface area contributed by atoms with E-state index < -0.39 is 0 Å². The summed E-state index contributed by atoms with van der Waals surface area (Å²) in [5.74, 6) is 7.47. The van der Waals surface area contributed by atoms with E-state index in [1.165, 1.54) is 33.4 Å². The van der Waals surface area contributed by atoms with Gasteiger partial charge in [0.25, 0.3) is 0 Å². The summed E-state index contributed by atoms with van der Waals surface area (Å²) >= 11 is 0. The normalized spacial score (nSPS) is 26.1. The van der Waals surface area contributed by atoms with Crippen molar-refractivity contribution in [3.8, 4) is 11.8 Å². The van der Waals surface area contributed by atoms with Crippen molar-refractivity contribution in [2.24, 2.45) is 22.7 Å². The smallest absolute Gasteiger partial charge is 0.0729 e. The Morgan fingerprint density at radius 1 is 0.952 bits per heavy atom. The third-order valence-electron chi connectivity index (χ3n) is 8.73. The number of aliphatic hydroxyl groups is 2. The van der Waals surface area contributed by atoms with Crippen molar-refractivity contribution < 1.29 is 10.2 Å². The van der Waals surface area contributed by atoms with Gasteiger partial charge < -0.3 is 10.2 Å². The van der Waals surface area contributed by atoms with Crippen LogP contribution >= 0.6 is 0 Å². The molecule has 2 aliphatic rings. The Bertz CT molecular complexity index is 1230. The number of rotatable bonds is 10. The summed E-state index contributed by atoms with van der Waals surface area (Å²) in [5.41, 5.74) is 8.00. The van der Waals surface area contributed by atoms with Crippen LogP contribution in [-0.2, 0) is 0 Å². The molecule has 2 nitrogen and oxygen atoms in total. The monoisotopic (exact) mass is 570 g/mol. The topological polar surface area (TPSA) is 40.5 Å². The van der Waals surface area contributed by atoms with Gasteiger partial charge in [-0.3, -0.25) is 0 Å². The first-order valence-electron chi connectivity index (χ1n) is 15.9. The van der Waals surface area contributed by atoms with Crippen LogP contribution in [0.5, 0.6) is 0 Å². The van der Waals surface area contributed by atoms with E-state index in [0.717, 1.165) is 38.5 Å². The lowest BCUT2D eigenvalue weighted by Crippen LogP contribution is -2.32. The van der Waals surface area contributed by atoms with E-state index in [2.05, 4.69) is 136 Å². The molecule has 230 valence electrons. The molecule has 0 radical (unpaired) electrons. The Morgan fingerprint density at radius 3 is 2.21 bits per heavy atom. The first-order chi connectivity index (χ1) is 19.6. The van der Waals surface area contributed by atoms with E-state index in [-0.39, 0.29) is 29.0 Å². The largest absolute Gasteiger partial charge is 0.393 e. The summed E-state index contributed by atoms with van der Waals surface area (Å²) < 4.78 is 0. The summed E-state index contributed by atoms with van der Waals surface area (Å²) in [4.78, 5) is 0. The van der Waals surface area contributed by atoms with Crippen LogP contribution in [0.25, 0.3) is 0 Å². The molecule has 0 fully saturated rings. The molecule has 0 aliphatic heterocycles. The molecule has 0 aromatic carbocycles. The second-order valence-electron chi connectivity index (χ2n) is 14.2. The molecule has 0 bridgehead atoms. The molecule has 0 aromatic heterocycles. The average molecular weight is 571 g/mol. The molecule has 2 aliphatic carbocycles. The van der Waals surface area contributed by atoms with Crippen molar-refractivity contribution in [3.05, 3.63) is 94.2 Å². The van der Waals surface area contributed by atoms with Crippen LogP contribution in [0.3, 0.4) is 0 Å². The fourth-order valence-electron chi connectivity index (χ4n) is 6.47. The standard InChI is InChI=1S/C40H58O2/c1-29(17-13-19-31(3)21-23-37-33(5)25-35(41)27-39(37,7)8)15-11-12-16-30(2)18-14-20-32(4)22-24-38-34(6)26-36(42)28-40(38,9)10/h11-19,26,32,35-36,38,41-42H,20-21,23,25,27-28H2,1-10H3/b12-11+,17-13+,18-14+,29-15+,30-16+,31-19+/t32?,35-,36-,38?/m1/s1. The maximum Gasteiger partial charge on any atom is 0.0729 e.